The lowest BCUT2D eigenvalue weighted by Gasteiger charge is -2.11. The highest BCUT2D eigenvalue weighted by molar-refractivity contribution is 7.17. The van der Waals surface area contributed by atoms with Crippen LogP contribution in [0.5, 0.6) is 0 Å². The van der Waals surface area contributed by atoms with E-state index in [4.69, 9.17) is 4.74 Å². The molecule has 5 heteroatoms. The van der Waals surface area contributed by atoms with Crippen LogP contribution in [-0.4, -0.2) is 30.9 Å². The topological polar surface area (TPSA) is 55.4 Å². The van der Waals surface area contributed by atoms with Crippen LogP contribution in [0.15, 0.2) is 36.4 Å². The summed E-state index contributed by atoms with van der Waals surface area (Å²) in [5, 5.41) is 2.93. The molecule has 1 N–H and O–H groups in total. The lowest BCUT2D eigenvalue weighted by molar-refractivity contribution is 0.0857. The van der Waals surface area contributed by atoms with Crippen molar-refractivity contribution in [2.45, 2.75) is 32.8 Å². The van der Waals surface area contributed by atoms with E-state index in [0.717, 1.165) is 34.8 Å². The molecule has 0 bridgehead atoms. The molecule has 1 aromatic heterocycles. The van der Waals surface area contributed by atoms with Crippen molar-refractivity contribution in [1.82, 2.24) is 5.32 Å². The third-order valence-corrected chi connectivity index (χ3v) is 5.47. The van der Waals surface area contributed by atoms with Crippen LogP contribution in [0.1, 0.15) is 46.7 Å². The van der Waals surface area contributed by atoms with Crippen molar-refractivity contribution in [3.05, 3.63) is 46.8 Å². The van der Waals surface area contributed by atoms with Gasteiger partial charge < -0.3 is 10.1 Å². The summed E-state index contributed by atoms with van der Waals surface area (Å²) < 4.78 is 5.51. The van der Waals surface area contributed by atoms with Crippen LogP contribution in [0, 0.1) is 5.92 Å². The van der Waals surface area contributed by atoms with E-state index in [1.54, 1.807) is 0 Å². The van der Waals surface area contributed by atoms with E-state index in [9.17, 15) is 9.59 Å². The largest absolute Gasteiger partial charge is 0.376 e. The van der Waals surface area contributed by atoms with Gasteiger partial charge in [-0.15, -0.1) is 11.3 Å². The predicted octanol–water partition coefficient (Wildman–Crippen LogP) is 4.16. The highest BCUT2D eigenvalue weighted by Gasteiger charge is 2.17. The standard InChI is InChI=1S/C20H23NO3S/c1-13(2)19(22)18-10-9-17(25-18)14-5-7-15(8-6-14)20(23)21-12-16-4-3-11-24-16/h5-10,13,16H,3-4,11-12H2,1-2H3,(H,21,23). The number of carbonyl (C=O) groups excluding carboxylic acids is 2. The van der Waals surface area contributed by atoms with E-state index in [1.807, 2.05) is 50.2 Å². The molecule has 1 amide bonds. The second kappa shape index (κ2) is 7.93. The minimum absolute atomic E-state index is 0.00131. The molecule has 1 aliphatic heterocycles. The number of hydrogen-bond donors (Lipinski definition) is 1. The zero-order valence-corrected chi connectivity index (χ0v) is 15.4. The Morgan fingerprint density at radius 2 is 1.96 bits per heavy atom. The molecule has 1 fully saturated rings. The van der Waals surface area contributed by atoms with Gasteiger partial charge in [0, 0.05) is 29.5 Å². The number of amides is 1. The molecule has 1 atom stereocenters. The number of ether oxygens (including phenoxy) is 1. The molecule has 4 nitrogen and oxygen atoms in total. The van der Waals surface area contributed by atoms with Crippen LogP contribution < -0.4 is 5.32 Å². The summed E-state index contributed by atoms with van der Waals surface area (Å²) in [6.45, 7) is 5.17. The second-order valence-electron chi connectivity index (χ2n) is 6.61. The number of benzene rings is 1. The van der Waals surface area contributed by atoms with Gasteiger partial charge in [0.05, 0.1) is 11.0 Å². The Morgan fingerprint density at radius 3 is 2.60 bits per heavy atom. The van der Waals surface area contributed by atoms with Crippen molar-refractivity contribution in [1.29, 1.82) is 0 Å². The number of ketones is 1. The zero-order chi connectivity index (χ0) is 17.8. The molecule has 2 aromatic rings. The summed E-state index contributed by atoms with van der Waals surface area (Å²) in [5.74, 6) is 0.0895. The van der Waals surface area contributed by atoms with E-state index in [1.165, 1.54) is 11.3 Å². The molecule has 1 unspecified atom stereocenters. The van der Waals surface area contributed by atoms with Gasteiger partial charge in [0.15, 0.2) is 5.78 Å². The molecule has 132 valence electrons. The van der Waals surface area contributed by atoms with Crippen LogP contribution in [0.2, 0.25) is 0 Å². The highest BCUT2D eigenvalue weighted by Crippen LogP contribution is 2.29. The van der Waals surface area contributed by atoms with Crippen molar-refractivity contribution in [3.63, 3.8) is 0 Å². The van der Waals surface area contributed by atoms with E-state index < -0.39 is 0 Å². The Balaban J connectivity index is 1.63. The molecule has 0 saturated carbocycles. The Bertz CT molecular complexity index is 743. The SMILES string of the molecule is CC(C)C(=O)c1ccc(-c2ccc(C(=O)NCC3CCCO3)cc2)s1. The maximum atomic E-state index is 12.2. The van der Waals surface area contributed by atoms with Gasteiger partial charge in [0.25, 0.3) is 5.91 Å². The predicted molar refractivity (Wildman–Crippen MR) is 100 cm³/mol. The van der Waals surface area contributed by atoms with Crippen molar-refractivity contribution >= 4 is 23.0 Å². The van der Waals surface area contributed by atoms with E-state index in [-0.39, 0.29) is 23.7 Å². The van der Waals surface area contributed by atoms with Crippen molar-refractivity contribution < 1.29 is 14.3 Å². The second-order valence-corrected chi connectivity index (χ2v) is 7.69. The number of hydrogen-bond acceptors (Lipinski definition) is 4. The van der Waals surface area contributed by atoms with Gasteiger partial charge in [0.1, 0.15) is 0 Å². The molecule has 0 aliphatic carbocycles. The molecule has 25 heavy (non-hydrogen) atoms. The molecule has 3 rings (SSSR count). The molecule has 1 aromatic carbocycles. The Morgan fingerprint density at radius 1 is 1.20 bits per heavy atom. The number of carbonyl (C=O) groups is 2. The number of thiophene rings is 1. The molecule has 0 spiro atoms. The number of Topliss-reactive ketones (excluding diaryl/α,β-unsaturated/α-hetero) is 1. The van der Waals surface area contributed by atoms with Crippen LogP contribution in [0.3, 0.4) is 0 Å². The van der Waals surface area contributed by atoms with Gasteiger partial charge in [0.2, 0.25) is 0 Å². The number of nitrogens with one attached hydrogen (secondary N) is 1. The molecular weight excluding hydrogens is 334 g/mol. The van der Waals surface area contributed by atoms with Gasteiger partial charge in [-0.2, -0.15) is 0 Å². The maximum Gasteiger partial charge on any atom is 0.251 e. The van der Waals surface area contributed by atoms with Gasteiger partial charge >= 0.3 is 0 Å². The van der Waals surface area contributed by atoms with E-state index >= 15 is 0 Å². The van der Waals surface area contributed by atoms with Gasteiger partial charge in [-0.1, -0.05) is 26.0 Å². The first-order chi connectivity index (χ1) is 12.0. The lowest BCUT2D eigenvalue weighted by atomic mass is 10.1. The summed E-state index contributed by atoms with van der Waals surface area (Å²) in [4.78, 5) is 26.1. The molecule has 2 heterocycles. The summed E-state index contributed by atoms with van der Waals surface area (Å²) >= 11 is 1.50. The van der Waals surface area contributed by atoms with Crippen LogP contribution >= 0.6 is 11.3 Å². The molecule has 1 aliphatic rings. The molecular formula is C20H23NO3S. The maximum absolute atomic E-state index is 12.2. The fourth-order valence-electron chi connectivity index (χ4n) is 2.81. The first-order valence-corrected chi connectivity index (χ1v) is 9.50. The fraction of sp³-hybridized carbons (Fsp3) is 0.400. The highest BCUT2D eigenvalue weighted by atomic mass is 32.1. The third-order valence-electron chi connectivity index (χ3n) is 4.32. The Hall–Kier alpha value is -1.98. The van der Waals surface area contributed by atoms with Crippen molar-refractivity contribution in [2.24, 2.45) is 5.92 Å². The quantitative estimate of drug-likeness (QED) is 0.790. The van der Waals surface area contributed by atoms with Gasteiger partial charge in [-0.05, 0) is 42.7 Å². The Kier molecular flexibility index (Phi) is 5.66. The summed E-state index contributed by atoms with van der Waals surface area (Å²) in [7, 11) is 0. The first-order valence-electron chi connectivity index (χ1n) is 8.69. The number of rotatable bonds is 6. The van der Waals surface area contributed by atoms with E-state index in [0.29, 0.717) is 12.1 Å². The van der Waals surface area contributed by atoms with Crippen LogP contribution in [0.25, 0.3) is 10.4 Å². The minimum atomic E-state index is -0.0797. The average Bonchev–Trinajstić information content (AvgIpc) is 3.30. The van der Waals surface area contributed by atoms with Crippen molar-refractivity contribution in [2.75, 3.05) is 13.2 Å². The lowest BCUT2D eigenvalue weighted by Crippen LogP contribution is -2.31. The van der Waals surface area contributed by atoms with Gasteiger partial charge in [-0.3, -0.25) is 9.59 Å². The summed E-state index contributed by atoms with van der Waals surface area (Å²) in [6.07, 6.45) is 2.22. The van der Waals surface area contributed by atoms with Gasteiger partial charge in [-0.25, -0.2) is 0 Å². The molecule has 1 saturated heterocycles. The third kappa shape index (κ3) is 4.35. The zero-order valence-electron chi connectivity index (χ0n) is 14.6. The fourth-order valence-corrected chi connectivity index (χ4v) is 3.91. The molecule has 0 radical (unpaired) electrons. The average molecular weight is 357 g/mol. The monoisotopic (exact) mass is 357 g/mol. The Labute approximate surface area is 152 Å². The van der Waals surface area contributed by atoms with Crippen LogP contribution in [0.4, 0.5) is 0 Å². The minimum Gasteiger partial charge on any atom is -0.376 e. The van der Waals surface area contributed by atoms with E-state index in [2.05, 4.69) is 5.32 Å². The first kappa shape index (κ1) is 17.8. The smallest absolute Gasteiger partial charge is 0.251 e. The normalized spacial score (nSPS) is 17.0. The van der Waals surface area contributed by atoms with Crippen LogP contribution in [-0.2, 0) is 4.74 Å². The summed E-state index contributed by atoms with van der Waals surface area (Å²) in [6, 6.07) is 11.3. The van der Waals surface area contributed by atoms with Crippen molar-refractivity contribution in [3.8, 4) is 10.4 Å². The summed E-state index contributed by atoms with van der Waals surface area (Å²) in [5.41, 5.74) is 1.65.